The van der Waals surface area contributed by atoms with Crippen molar-refractivity contribution in [2.75, 3.05) is 0 Å². The summed E-state index contributed by atoms with van der Waals surface area (Å²) in [5, 5.41) is 0. The second-order valence-electron chi connectivity index (χ2n) is 3.95. The summed E-state index contributed by atoms with van der Waals surface area (Å²) in [4.78, 5) is -0.293. The van der Waals surface area contributed by atoms with Gasteiger partial charge in [-0.3, -0.25) is 0 Å². The zero-order chi connectivity index (χ0) is 14.8. The third kappa shape index (κ3) is 4.07. The third-order valence-corrected chi connectivity index (χ3v) is 4.56. The number of hydrogen-bond donors (Lipinski definition) is 0. The zero-order valence-electron chi connectivity index (χ0n) is 10.0. The quantitative estimate of drug-likeness (QED) is 0.549. The molecule has 0 amide bonds. The molecule has 0 saturated heterocycles. The average Bonchev–Trinajstić information content (AvgIpc) is 2.38. The predicted octanol–water partition coefficient (Wildman–Crippen LogP) is 3.94. The summed E-state index contributed by atoms with van der Waals surface area (Å²) in [6, 6.07) is 10.9. The zero-order valence-corrected chi connectivity index (χ0v) is 13.7. The highest BCUT2D eigenvalue weighted by atomic mass is 127. The van der Waals surface area contributed by atoms with Crippen molar-refractivity contribution < 1.29 is 17.5 Å². The molecule has 0 N–H and O–H groups in total. The smallest absolute Gasteiger partial charge is 0.261 e. The lowest BCUT2D eigenvalue weighted by Gasteiger charge is -2.08. The lowest BCUT2D eigenvalue weighted by atomic mass is 10.2. The fourth-order valence-corrected chi connectivity index (χ4v) is 2.61. The van der Waals surface area contributed by atoms with Crippen LogP contribution in [-0.4, -0.2) is 8.42 Å². The summed E-state index contributed by atoms with van der Waals surface area (Å²) in [7, 11) is 1.20. The summed E-state index contributed by atoms with van der Waals surface area (Å²) in [5.74, 6) is -0.787. The van der Waals surface area contributed by atoms with Crippen LogP contribution >= 0.6 is 33.3 Å². The Morgan fingerprint density at radius 1 is 1.15 bits per heavy atom. The van der Waals surface area contributed by atoms with E-state index >= 15 is 0 Å². The first-order chi connectivity index (χ1) is 9.36. The molecule has 0 spiro atoms. The highest BCUT2D eigenvalue weighted by Crippen LogP contribution is 2.24. The van der Waals surface area contributed by atoms with Crippen LogP contribution in [0.1, 0.15) is 5.56 Å². The van der Waals surface area contributed by atoms with Gasteiger partial charge >= 0.3 is 0 Å². The molecule has 0 saturated carbocycles. The molecule has 0 fully saturated rings. The molecular weight excluding hydrogens is 418 g/mol. The van der Waals surface area contributed by atoms with Crippen LogP contribution in [0.3, 0.4) is 0 Å². The van der Waals surface area contributed by atoms with Crippen LogP contribution in [0.2, 0.25) is 0 Å². The minimum Gasteiger partial charge on any atom is -0.486 e. The molecule has 0 heterocycles. The third-order valence-electron chi connectivity index (χ3n) is 2.49. The Kier molecular flexibility index (Phi) is 4.87. The van der Waals surface area contributed by atoms with Gasteiger partial charge in [-0.15, -0.1) is 0 Å². The number of ether oxygens (including phenoxy) is 1. The first kappa shape index (κ1) is 15.5. The van der Waals surface area contributed by atoms with Crippen molar-refractivity contribution in [3.05, 3.63) is 57.4 Å². The molecule has 0 aliphatic rings. The van der Waals surface area contributed by atoms with Crippen molar-refractivity contribution in [1.29, 1.82) is 0 Å². The molecule has 3 nitrogen and oxygen atoms in total. The van der Waals surface area contributed by atoms with E-state index in [9.17, 15) is 12.8 Å². The van der Waals surface area contributed by atoms with E-state index in [2.05, 4.69) is 22.6 Å². The molecular formula is C13H9ClFIO3S. The minimum absolute atomic E-state index is 0.0207. The van der Waals surface area contributed by atoms with Crippen molar-refractivity contribution in [1.82, 2.24) is 0 Å². The molecule has 7 heteroatoms. The highest BCUT2D eigenvalue weighted by molar-refractivity contribution is 14.1. The van der Waals surface area contributed by atoms with E-state index in [-0.39, 0.29) is 17.3 Å². The first-order valence-electron chi connectivity index (χ1n) is 5.48. The SMILES string of the molecule is O=S(=O)(Cl)c1ccc(OCc2ccc(I)cc2)c(F)c1. The molecule has 0 atom stereocenters. The Hall–Kier alpha value is -0.860. The maximum Gasteiger partial charge on any atom is 0.261 e. The largest absolute Gasteiger partial charge is 0.486 e. The van der Waals surface area contributed by atoms with Gasteiger partial charge in [-0.2, -0.15) is 0 Å². The summed E-state index contributed by atoms with van der Waals surface area (Å²) >= 11 is 2.18. The van der Waals surface area contributed by atoms with Crippen LogP contribution in [0.4, 0.5) is 4.39 Å². The monoisotopic (exact) mass is 426 g/mol. The molecule has 2 aromatic rings. The molecule has 0 bridgehead atoms. The van der Waals surface area contributed by atoms with Crippen LogP contribution in [0.25, 0.3) is 0 Å². The lowest BCUT2D eigenvalue weighted by molar-refractivity contribution is 0.290. The lowest BCUT2D eigenvalue weighted by Crippen LogP contribution is -1.99. The normalized spacial score (nSPS) is 11.3. The van der Waals surface area contributed by atoms with Gasteiger partial charge in [0.1, 0.15) is 6.61 Å². The fraction of sp³-hybridized carbons (Fsp3) is 0.0769. The van der Waals surface area contributed by atoms with Gasteiger partial charge in [-0.25, -0.2) is 12.8 Å². The van der Waals surface area contributed by atoms with E-state index in [0.29, 0.717) is 0 Å². The Bertz CT molecular complexity index is 717. The number of rotatable bonds is 4. The van der Waals surface area contributed by atoms with E-state index in [1.165, 1.54) is 12.1 Å². The van der Waals surface area contributed by atoms with Crippen molar-refractivity contribution in [3.8, 4) is 5.75 Å². The average molecular weight is 427 g/mol. The minimum atomic E-state index is -3.94. The summed E-state index contributed by atoms with van der Waals surface area (Å²) in [6.07, 6.45) is 0. The Balaban J connectivity index is 2.12. The van der Waals surface area contributed by atoms with E-state index in [1.54, 1.807) is 0 Å². The molecule has 106 valence electrons. The predicted molar refractivity (Wildman–Crippen MR) is 82.9 cm³/mol. The Labute approximate surface area is 134 Å². The van der Waals surface area contributed by atoms with E-state index < -0.39 is 14.9 Å². The first-order valence-corrected chi connectivity index (χ1v) is 8.86. The van der Waals surface area contributed by atoms with Crippen LogP contribution in [0, 0.1) is 9.39 Å². The van der Waals surface area contributed by atoms with Gasteiger partial charge in [-0.1, -0.05) is 12.1 Å². The molecule has 0 unspecified atom stereocenters. The van der Waals surface area contributed by atoms with E-state index in [0.717, 1.165) is 15.2 Å². The van der Waals surface area contributed by atoms with E-state index in [4.69, 9.17) is 15.4 Å². The Morgan fingerprint density at radius 3 is 2.35 bits per heavy atom. The van der Waals surface area contributed by atoms with Crippen molar-refractivity contribution in [2.45, 2.75) is 11.5 Å². The maximum absolute atomic E-state index is 13.7. The van der Waals surface area contributed by atoms with Crippen LogP contribution in [-0.2, 0) is 15.7 Å². The van der Waals surface area contributed by atoms with Crippen molar-refractivity contribution in [2.24, 2.45) is 0 Å². The Morgan fingerprint density at radius 2 is 1.80 bits per heavy atom. The molecule has 0 aliphatic carbocycles. The number of hydrogen-bond acceptors (Lipinski definition) is 3. The van der Waals surface area contributed by atoms with Gasteiger partial charge in [0.2, 0.25) is 0 Å². The summed E-state index contributed by atoms with van der Waals surface area (Å²) in [6.45, 7) is 0.195. The number of benzene rings is 2. The molecule has 2 rings (SSSR count). The molecule has 2 aromatic carbocycles. The highest BCUT2D eigenvalue weighted by Gasteiger charge is 2.13. The fourth-order valence-electron chi connectivity index (χ4n) is 1.49. The molecule has 20 heavy (non-hydrogen) atoms. The van der Waals surface area contributed by atoms with E-state index in [1.807, 2.05) is 24.3 Å². The van der Waals surface area contributed by atoms with Gasteiger partial charge in [0.25, 0.3) is 9.05 Å². The number of halogens is 3. The standard InChI is InChI=1S/C13H9ClFIO3S/c14-20(17,18)11-5-6-13(12(15)7-11)19-8-9-1-3-10(16)4-2-9/h1-7H,8H2. The molecule has 0 aromatic heterocycles. The van der Waals surface area contributed by atoms with Crippen molar-refractivity contribution >= 4 is 42.3 Å². The van der Waals surface area contributed by atoms with Gasteiger partial charge in [0.15, 0.2) is 11.6 Å². The second kappa shape index (κ2) is 6.28. The van der Waals surface area contributed by atoms with Crippen LogP contribution < -0.4 is 4.74 Å². The van der Waals surface area contributed by atoms with Crippen LogP contribution in [0.15, 0.2) is 47.4 Å². The van der Waals surface area contributed by atoms with Gasteiger partial charge in [0, 0.05) is 14.3 Å². The summed E-state index contributed by atoms with van der Waals surface area (Å²) < 4.78 is 42.2. The van der Waals surface area contributed by atoms with Gasteiger partial charge in [-0.05, 0) is 58.5 Å². The van der Waals surface area contributed by atoms with Gasteiger partial charge in [0.05, 0.1) is 4.90 Å². The summed E-state index contributed by atoms with van der Waals surface area (Å²) in [5.41, 5.74) is 0.888. The maximum atomic E-state index is 13.7. The molecule has 0 radical (unpaired) electrons. The topological polar surface area (TPSA) is 43.4 Å². The van der Waals surface area contributed by atoms with Gasteiger partial charge < -0.3 is 4.74 Å². The molecule has 0 aliphatic heterocycles. The second-order valence-corrected chi connectivity index (χ2v) is 7.76. The van der Waals surface area contributed by atoms with Crippen LogP contribution in [0.5, 0.6) is 5.75 Å². The van der Waals surface area contributed by atoms with Crippen molar-refractivity contribution in [3.63, 3.8) is 0 Å².